The first-order chi connectivity index (χ1) is 16.1. The van der Waals surface area contributed by atoms with Gasteiger partial charge in [0.25, 0.3) is 5.91 Å². The van der Waals surface area contributed by atoms with Crippen LogP contribution in [-0.2, 0) is 17.8 Å². The average Bonchev–Trinajstić information content (AvgIpc) is 3.25. The van der Waals surface area contributed by atoms with E-state index in [4.69, 9.17) is 4.74 Å². The topological polar surface area (TPSA) is 93.2 Å². The number of hydrogen-bond donors (Lipinski definition) is 2. The predicted octanol–water partition coefficient (Wildman–Crippen LogP) is 4.69. The highest BCUT2D eigenvalue weighted by molar-refractivity contribution is 7.14. The zero-order valence-electron chi connectivity index (χ0n) is 17.3. The van der Waals surface area contributed by atoms with E-state index < -0.39 is 11.7 Å². The summed E-state index contributed by atoms with van der Waals surface area (Å²) in [6.45, 7) is 0.318. The van der Waals surface area contributed by atoms with Crippen molar-refractivity contribution in [3.63, 3.8) is 0 Å². The summed E-state index contributed by atoms with van der Waals surface area (Å²) in [5, 5.41) is 7.32. The Morgan fingerprint density at radius 3 is 2.64 bits per heavy atom. The standard InChI is InChI=1S/C24H19FN4O3S/c25-21-10-2-1-9-20(21)23(31)29-24-28-18(15-33-24)13-22(30)27-16-7-5-8-19(12-16)32-14-17-6-3-4-11-26-17/h1-12,15H,13-14H2,(H,27,30)(H,28,29,31). The fraction of sp³-hybridized carbons (Fsp3) is 0.0833. The summed E-state index contributed by atoms with van der Waals surface area (Å²) in [6.07, 6.45) is 1.72. The van der Waals surface area contributed by atoms with E-state index in [0.29, 0.717) is 23.7 Å². The Balaban J connectivity index is 1.31. The highest BCUT2D eigenvalue weighted by Gasteiger charge is 2.14. The quantitative estimate of drug-likeness (QED) is 0.396. The van der Waals surface area contributed by atoms with Crippen molar-refractivity contribution in [3.05, 3.63) is 101 Å². The second-order valence-electron chi connectivity index (χ2n) is 6.94. The Labute approximate surface area is 193 Å². The molecule has 0 bridgehead atoms. The van der Waals surface area contributed by atoms with Gasteiger partial charge in [-0.1, -0.05) is 24.3 Å². The first-order valence-electron chi connectivity index (χ1n) is 10.00. The summed E-state index contributed by atoms with van der Waals surface area (Å²) < 4.78 is 19.5. The van der Waals surface area contributed by atoms with E-state index in [1.54, 1.807) is 41.9 Å². The van der Waals surface area contributed by atoms with Crippen LogP contribution in [0.15, 0.2) is 78.3 Å². The van der Waals surface area contributed by atoms with Gasteiger partial charge in [0.1, 0.15) is 18.2 Å². The molecule has 0 spiro atoms. The number of hydrogen-bond acceptors (Lipinski definition) is 6. The molecule has 2 N–H and O–H groups in total. The minimum Gasteiger partial charge on any atom is -0.487 e. The number of amides is 2. The highest BCUT2D eigenvalue weighted by Crippen LogP contribution is 2.20. The van der Waals surface area contributed by atoms with Crippen LogP contribution in [-0.4, -0.2) is 21.8 Å². The summed E-state index contributed by atoms with van der Waals surface area (Å²) in [7, 11) is 0. The van der Waals surface area contributed by atoms with Crippen molar-refractivity contribution < 1.29 is 18.7 Å². The van der Waals surface area contributed by atoms with Crippen molar-refractivity contribution in [2.75, 3.05) is 10.6 Å². The molecule has 33 heavy (non-hydrogen) atoms. The lowest BCUT2D eigenvalue weighted by atomic mass is 10.2. The summed E-state index contributed by atoms with van der Waals surface area (Å²) in [5.74, 6) is -0.877. The number of thiazole rings is 1. The first kappa shape index (κ1) is 22.1. The van der Waals surface area contributed by atoms with Gasteiger partial charge in [-0.15, -0.1) is 11.3 Å². The van der Waals surface area contributed by atoms with E-state index in [0.717, 1.165) is 17.0 Å². The molecule has 2 amide bonds. The molecular weight excluding hydrogens is 443 g/mol. The number of pyridine rings is 1. The molecule has 7 nitrogen and oxygen atoms in total. The fourth-order valence-corrected chi connectivity index (χ4v) is 3.63. The lowest BCUT2D eigenvalue weighted by molar-refractivity contribution is -0.115. The van der Waals surface area contributed by atoms with Crippen molar-refractivity contribution >= 4 is 34.0 Å². The Kier molecular flexibility index (Phi) is 7.01. The van der Waals surface area contributed by atoms with Gasteiger partial charge in [0, 0.05) is 23.3 Å². The van der Waals surface area contributed by atoms with Gasteiger partial charge in [-0.2, -0.15) is 0 Å². The second-order valence-corrected chi connectivity index (χ2v) is 7.80. The lowest BCUT2D eigenvalue weighted by Gasteiger charge is -2.09. The predicted molar refractivity (Wildman–Crippen MR) is 124 cm³/mol. The number of carbonyl (C=O) groups excluding carboxylic acids is 2. The number of nitrogens with one attached hydrogen (secondary N) is 2. The number of aromatic nitrogens is 2. The van der Waals surface area contributed by atoms with Gasteiger partial charge in [0.15, 0.2) is 5.13 Å². The second kappa shape index (κ2) is 10.5. The maximum absolute atomic E-state index is 13.7. The molecule has 0 unspecified atom stereocenters. The number of ether oxygens (including phenoxy) is 1. The summed E-state index contributed by atoms with van der Waals surface area (Å²) >= 11 is 1.16. The monoisotopic (exact) mass is 462 g/mol. The average molecular weight is 463 g/mol. The van der Waals surface area contributed by atoms with Crippen LogP contribution in [0, 0.1) is 5.82 Å². The Hall–Kier alpha value is -4.11. The van der Waals surface area contributed by atoms with E-state index in [2.05, 4.69) is 20.6 Å². The molecule has 2 aromatic carbocycles. The molecular formula is C24H19FN4O3S. The molecule has 0 saturated carbocycles. The van der Waals surface area contributed by atoms with Crippen molar-refractivity contribution in [2.45, 2.75) is 13.0 Å². The van der Waals surface area contributed by atoms with Crippen LogP contribution in [0.5, 0.6) is 5.75 Å². The van der Waals surface area contributed by atoms with Gasteiger partial charge in [-0.05, 0) is 36.4 Å². The van der Waals surface area contributed by atoms with Crippen molar-refractivity contribution in [1.29, 1.82) is 0 Å². The lowest BCUT2D eigenvalue weighted by Crippen LogP contribution is -2.15. The molecule has 0 atom stereocenters. The van der Waals surface area contributed by atoms with Crippen LogP contribution in [0.4, 0.5) is 15.2 Å². The minimum atomic E-state index is -0.614. The van der Waals surface area contributed by atoms with Crippen LogP contribution in [0.25, 0.3) is 0 Å². The summed E-state index contributed by atoms with van der Waals surface area (Å²) in [5.41, 5.74) is 1.80. The zero-order valence-corrected chi connectivity index (χ0v) is 18.1. The molecule has 4 rings (SSSR count). The maximum atomic E-state index is 13.7. The van der Waals surface area contributed by atoms with Gasteiger partial charge >= 0.3 is 0 Å². The van der Waals surface area contributed by atoms with Crippen molar-refractivity contribution in [2.24, 2.45) is 0 Å². The number of rotatable bonds is 8. The third-order valence-electron chi connectivity index (χ3n) is 4.46. The molecule has 0 aliphatic heterocycles. The van der Waals surface area contributed by atoms with Crippen LogP contribution < -0.4 is 15.4 Å². The van der Waals surface area contributed by atoms with Gasteiger partial charge in [0.05, 0.1) is 23.4 Å². The molecule has 0 aliphatic rings. The van der Waals surface area contributed by atoms with Crippen LogP contribution in [0.1, 0.15) is 21.7 Å². The molecule has 0 radical (unpaired) electrons. The van der Waals surface area contributed by atoms with E-state index >= 15 is 0 Å². The van der Waals surface area contributed by atoms with Gasteiger partial charge < -0.3 is 10.1 Å². The summed E-state index contributed by atoms with van der Waals surface area (Å²) in [4.78, 5) is 33.1. The van der Waals surface area contributed by atoms with E-state index in [9.17, 15) is 14.0 Å². The van der Waals surface area contributed by atoms with E-state index in [-0.39, 0.29) is 23.0 Å². The highest BCUT2D eigenvalue weighted by atomic mass is 32.1. The van der Waals surface area contributed by atoms with Gasteiger partial charge in [0.2, 0.25) is 5.91 Å². The zero-order chi connectivity index (χ0) is 23.0. The number of nitrogens with zero attached hydrogens (tertiary/aromatic N) is 2. The van der Waals surface area contributed by atoms with Gasteiger partial charge in [-0.3, -0.25) is 19.9 Å². The molecule has 2 aromatic heterocycles. The van der Waals surface area contributed by atoms with Crippen LogP contribution >= 0.6 is 11.3 Å². The number of benzene rings is 2. The Morgan fingerprint density at radius 1 is 0.970 bits per heavy atom. The number of halogens is 1. The molecule has 0 fully saturated rings. The molecule has 0 saturated heterocycles. The third kappa shape index (κ3) is 6.20. The van der Waals surface area contributed by atoms with E-state index in [1.807, 2.05) is 18.2 Å². The first-order valence-corrected chi connectivity index (χ1v) is 10.9. The smallest absolute Gasteiger partial charge is 0.260 e. The van der Waals surface area contributed by atoms with Gasteiger partial charge in [-0.25, -0.2) is 9.37 Å². The number of anilines is 2. The fourth-order valence-electron chi connectivity index (χ4n) is 2.93. The third-order valence-corrected chi connectivity index (χ3v) is 5.27. The minimum absolute atomic E-state index is 0.0189. The Morgan fingerprint density at radius 2 is 1.82 bits per heavy atom. The molecule has 0 aliphatic carbocycles. The SMILES string of the molecule is O=C(Cc1csc(NC(=O)c2ccccc2F)n1)Nc1cccc(OCc2ccccn2)c1. The maximum Gasteiger partial charge on any atom is 0.260 e. The Bertz CT molecular complexity index is 1260. The molecule has 9 heteroatoms. The van der Waals surface area contributed by atoms with Crippen molar-refractivity contribution in [3.8, 4) is 5.75 Å². The van der Waals surface area contributed by atoms with E-state index in [1.165, 1.54) is 18.2 Å². The summed E-state index contributed by atoms with van der Waals surface area (Å²) in [6, 6.07) is 18.3. The largest absolute Gasteiger partial charge is 0.487 e. The normalized spacial score (nSPS) is 10.5. The van der Waals surface area contributed by atoms with Crippen LogP contribution in [0.3, 0.4) is 0 Å². The van der Waals surface area contributed by atoms with Crippen molar-refractivity contribution in [1.82, 2.24) is 9.97 Å². The molecule has 2 heterocycles. The molecule has 4 aromatic rings. The number of carbonyl (C=O) groups is 2. The van der Waals surface area contributed by atoms with Crippen LogP contribution in [0.2, 0.25) is 0 Å². The molecule has 166 valence electrons.